The second-order valence-corrected chi connectivity index (χ2v) is 9.99. The second-order valence-electron chi connectivity index (χ2n) is 8.09. The van der Waals surface area contributed by atoms with Crippen molar-refractivity contribution in [1.82, 2.24) is 9.21 Å². The van der Waals surface area contributed by atoms with Gasteiger partial charge in [-0.25, -0.2) is 8.42 Å². The lowest BCUT2D eigenvalue weighted by atomic mass is 9.96. The fourth-order valence-corrected chi connectivity index (χ4v) is 5.87. The van der Waals surface area contributed by atoms with Crippen LogP contribution in [-0.4, -0.2) is 55.6 Å². The van der Waals surface area contributed by atoms with E-state index in [9.17, 15) is 18.0 Å². The van der Waals surface area contributed by atoms with E-state index < -0.39 is 10.0 Å². The van der Waals surface area contributed by atoms with Crippen LogP contribution in [0.1, 0.15) is 42.0 Å². The van der Waals surface area contributed by atoms with Crippen molar-refractivity contribution in [3.8, 4) is 0 Å². The number of nitrogens with one attached hydrogen (secondary N) is 1. The monoisotopic (exact) mass is 445 g/mol. The standard InChI is InChI=1S/C22H27N3O5S/c1-16-20(31(28,29)25-12-5-6-13-25)14-19(30-16)22(27)24-11-7-8-17(15-24)21(26)23-18-9-3-2-4-10-18/h2-4,9-10,14,17H,5-8,11-13,15H2,1H3,(H,23,26)/t17-/m0/s1. The van der Waals surface area contributed by atoms with Gasteiger partial charge in [0.15, 0.2) is 5.76 Å². The molecular formula is C22H27N3O5S. The van der Waals surface area contributed by atoms with Crippen molar-refractivity contribution < 1.29 is 22.4 Å². The number of rotatable bonds is 5. The van der Waals surface area contributed by atoms with Crippen LogP contribution in [0.15, 0.2) is 45.7 Å². The average Bonchev–Trinajstić information content (AvgIpc) is 3.45. The van der Waals surface area contributed by atoms with Crippen molar-refractivity contribution in [2.75, 3.05) is 31.5 Å². The molecular weight excluding hydrogens is 418 g/mol. The van der Waals surface area contributed by atoms with Crippen molar-refractivity contribution in [3.05, 3.63) is 47.9 Å². The fraction of sp³-hybridized carbons (Fsp3) is 0.455. The molecule has 0 aliphatic carbocycles. The third kappa shape index (κ3) is 4.52. The molecule has 2 saturated heterocycles. The van der Waals surface area contributed by atoms with E-state index in [4.69, 9.17) is 4.42 Å². The number of carbonyl (C=O) groups is 2. The normalized spacial score (nSPS) is 20.0. The van der Waals surface area contributed by atoms with Gasteiger partial charge in [-0.1, -0.05) is 18.2 Å². The van der Waals surface area contributed by atoms with Crippen molar-refractivity contribution in [1.29, 1.82) is 0 Å². The summed E-state index contributed by atoms with van der Waals surface area (Å²) in [6.45, 7) is 3.31. The lowest BCUT2D eigenvalue weighted by Crippen LogP contribution is -2.43. The molecule has 1 aromatic heterocycles. The number of sulfonamides is 1. The van der Waals surface area contributed by atoms with Gasteiger partial charge in [-0.3, -0.25) is 9.59 Å². The molecule has 8 nitrogen and oxygen atoms in total. The van der Waals surface area contributed by atoms with Crippen LogP contribution in [0.2, 0.25) is 0 Å². The molecule has 4 rings (SSSR count). The number of likely N-dealkylation sites (tertiary alicyclic amines) is 1. The van der Waals surface area contributed by atoms with Crippen molar-refractivity contribution >= 4 is 27.5 Å². The number of aryl methyl sites for hydroxylation is 1. The zero-order valence-electron chi connectivity index (χ0n) is 17.5. The van der Waals surface area contributed by atoms with E-state index in [-0.39, 0.29) is 40.7 Å². The smallest absolute Gasteiger partial charge is 0.289 e. The summed E-state index contributed by atoms with van der Waals surface area (Å²) in [5.74, 6) is -0.633. The van der Waals surface area contributed by atoms with Crippen LogP contribution in [0, 0.1) is 12.8 Å². The molecule has 1 atom stereocenters. The Hall–Kier alpha value is -2.65. The van der Waals surface area contributed by atoms with Gasteiger partial charge in [0, 0.05) is 37.9 Å². The van der Waals surface area contributed by atoms with Crippen LogP contribution in [0.25, 0.3) is 0 Å². The Labute approximate surface area is 182 Å². The first-order valence-corrected chi connectivity index (χ1v) is 12.1. The number of para-hydroxylation sites is 1. The third-order valence-corrected chi connectivity index (χ3v) is 7.89. The molecule has 31 heavy (non-hydrogen) atoms. The summed E-state index contributed by atoms with van der Waals surface area (Å²) in [6, 6.07) is 10.5. The molecule has 166 valence electrons. The summed E-state index contributed by atoms with van der Waals surface area (Å²) in [7, 11) is -3.67. The Balaban J connectivity index is 1.46. The number of benzene rings is 1. The van der Waals surface area contributed by atoms with Gasteiger partial charge >= 0.3 is 0 Å². The minimum atomic E-state index is -3.67. The number of nitrogens with zero attached hydrogens (tertiary/aromatic N) is 2. The Bertz CT molecular complexity index is 1060. The summed E-state index contributed by atoms with van der Waals surface area (Å²) in [5.41, 5.74) is 0.717. The van der Waals surface area contributed by atoms with Gasteiger partial charge in [0.2, 0.25) is 15.9 Å². The molecule has 2 aromatic rings. The predicted molar refractivity (Wildman–Crippen MR) is 115 cm³/mol. The fourth-order valence-electron chi connectivity index (χ4n) is 4.19. The molecule has 2 amide bonds. The van der Waals surface area contributed by atoms with E-state index in [2.05, 4.69) is 5.32 Å². The quantitative estimate of drug-likeness (QED) is 0.763. The Kier molecular flexibility index (Phi) is 6.15. The molecule has 0 bridgehead atoms. The molecule has 1 aromatic carbocycles. The van der Waals surface area contributed by atoms with Crippen LogP contribution < -0.4 is 5.32 Å². The van der Waals surface area contributed by atoms with Gasteiger partial charge in [-0.2, -0.15) is 4.31 Å². The molecule has 0 saturated carbocycles. The first kappa shape index (κ1) is 21.6. The van der Waals surface area contributed by atoms with Gasteiger partial charge in [-0.05, 0) is 44.7 Å². The van der Waals surface area contributed by atoms with Gasteiger partial charge in [0.05, 0.1) is 5.92 Å². The molecule has 0 radical (unpaired) electrons. The topological polar surface area (TPSA) is 99.9 Å². The van der Waals surface area contributed by atoms with E-state index >= 15 is 0 Å². The zero-order chi connectivity index (χ0) is 22.0. The minimum absolute atomic E-state index is 0.000565. The summed E-state index contributed by atoms with van der Waals surface area (Å²) >= 11 is 0. The highest BCUT2D eigenvalue weighted by molar-refractivity contribution is 7.89. The number of furan rings is 1. The molecule has 0 spiro atoms. The average molecular weight is 446 g/mol. The third-order valence-electron chi connectivity index (χ3n) is 5.89. The molecule has 3 heterocycles. The second kappa shape index (κ2) is 8.84. The molecule has 1 N–H and O–H groups in total. The Morgan fingerprint density at radius 2 is 1.77 bits per heavy atom. The maximum absolute atomic E-state index is 13.0. The summed E-state index contributed by atoms with van der Waals surface area (Å²) in [4.78, 5) is 27.3. The van der Waals surface area contributed by atoms with Crippen LogP contribution >= 0.6 is 0 Å². The summed E-state index contributed by atoms with van der Waals surface area (Å²) < 4.78 is 32.7. The molecule has 0 unspecified atom stereocenters. The SMILES string of the molecule is Cc1oc(C(=O)N2CCC[C@H](C(=O)Nc3ccccc3)C2)cc1S(=O)(=O)N1CCCC1. The van der Waals surface area contributed by atoms with Gasteiger partial charge in [0.25, 0.3) is 5.91 Å². The Morgan fingerprint density at radius 3 is 2.48 bits per heavy atom. The summed E-state index contributed by atoms with van der Waals surface area (Å²) in [6.07, 6.45) is 3.05. The zero-order valence-corrected chi connectivity index (χ0v) is 18.4. The number of carbonyl (C=O) groups excluding carboxylic acids is 2. The van der Waals surface area contributed by atoms with Gasteiger partial charge in [0.1, 0.15) is 10.7 Å². The van der Waals surface area contributed by atoms with Gasteiger partial charge in [-0.15, -0.1) is 0 Å². The van der Waals surface area contributed by atoms with E-state index in [0.717, 1.165) is 18.5 Å². The summed E-state index contributed by atoms with van der Waals surface area (Å²) in [5, 5.41) is 2.89. The highest BCUT2D eigenvalue weighted by Gasteiger charge is 2.34. The highest BCUT2D eigenvalue weighted by atomic mass is 32.2. The van der Waals surface area contributed by atoms with Crippen LogP contribution in [-0.2, 0) is 14.8 Å². The van der Waals surface area contributed by atoms with Crippen LogP contribution in [0.3, 0.4) is 0 Å². The van der Waals surface area contributed by atoms with Crippen molar-refractivity contribution in [2.24, 2.45) is 5.92 Å². The molecule has 9 heteroatoms. The number of hydrogen-bond acceptors (Lipinski definition) is 5. The van der Waals surface area contributed by atoms with Gasteiger partial charge < -0.3 is 14.6 Å². The molecule has 2 fully saturated rings. The number of hydrogen-bond donors (Lipinski definition) is 1. The lowest BCUT2D eigenvalue weighted by molar-refractivity contribution is -0.121. The number of piperidine rings is 1. The maximum atomic E-state index is 13.0. The van der Waals surface area contributed by atoms with Crippen LogP contribution in [0.5, 0.6) is 0 Å². The highest BCUT2D eigenvalue weighted by Crippen LogP contribution is 2.28. The number of amides is 2. The van der Waals surface area contributed by atoms with E-state index in [1.54, 1.807) is 11.8 Å². The van der Waals surface area contributed by atoms with Crippen molar-refractivity contribution in [3.63, 3.8) is 0 Å². The Morgan fingerprint density at radius 1 is 1.06 bits per heavy atom. The van der Waals surface area contributed by atoms with E-state index in [0.29, 0.717) is 32.5 Å². The lowest BCUT2D eigenvalue weighted by Gasteiger charge is -2.31. The van der Waals surface area contributed by atoms with E-state index in [1.807, 2.05) is 30.3 Å². The maximum Gasteiger partial charge on any atom is 0.289 e. The van der Waals surface area contributed by atoms with Crippen LogP contribution in [0.4, 0.5) is 5.69 Å². The van der Waals surface area contributed by atoms with E-state index in [1.165, 1.54) is 10.4 Å². The molecule has 2 aliphatic heterocycles. The minimum Gasteiger partial charge on any atom is -0.455 e. The number of anilines is 1. The first-order valence-electron chi connectivity index (χ1n) is 10.6. The van der Waals surface area contributed by atoms with Crippen molar-refractivity contribution in [2.45, 2.75) is 37.5 Å². The first-order chi connectivity index (χ1) is 14.9. The molecule has 2 aliphatic rings. The largest absolute Gasteiger partial charge is 0.455 e. The predicted octanol–water partition coefficient (Wildman–Crippen LogP) is 2.86.